The lowest BCUT2D eigenvalue weighted by Gasteiger charge is -2.37. The summed E-state index contributed by atoms with van der Waals surface area (Å²) < 4.78 is 7.19. The molecule has 4 rings (SSSR count). The second kappa shape index (κ2) is 7.80. The lowest BCUT2D eigenvalue weighted by atomic mass is 9.80. The van der Waals surface area contributed by atoms with Crippen LogP contribution in [0.2, 0.25) is 5.02 Å². The van der Waals surface area contributed by atoms with E-state index in [1.807, 2.05) is 48.0 Å². The van der Waals surface area contributed by atoms with Crippen molar-refractivity contribution in [2.45, 2.75) is 44.6 Å². The van der Waals surface area contributed by atoms with Gasteiger partial charge in [0.2, 0.25) is 0 Å². The third-order valence-corrected chi connectivity index (χ3v) is 5.87. The van der Waals surface area contributed by atoms with Gasteiger partial charge in [-0.2, -0.15) is 4.68 Å². The van der Waals surface area contributed by atoms with Gasteiger partial charge in [0.15, 0.2) is 5.82 Å². The Kier molecular flexibility index (Phi) is 5.22. The fraction of sp³-hybridized carbons (Fsp3) is 0.381. The Labute approximate surface area is 169 Å². The van der Waals surface area contributed by atoms with Crippen LogP contribution in [0, 0.1) is 6.92 Å². The van der Waals surface area contributed by atoms with Crippen LogP contribution < -0.4 is 10.1 Å². The van der Waals surface area contributed by atoms with Gasteiger partial charge >= 0.3 is 0 Å². The molecule has 7 heteroatoms. The number of ether oxygens (including phenoxy) is 1. The zero-order valence-corrected chi connectivity index (χ0v) is 16.9. The molecule has 1 N–H and O–H groups in total. The van der Waals surface area contributed by atoms with Crippen LogP contribution >= 0.6 is 11.6 Å². The van der Waals surface area contributed by atoms with Crippen molar-refractivity contribution in [1.82, 2.24) is 20.2 Å². The van der Waals surface area contributed by atoms with Gasteiger partial charge in [-0.1, -0.05) is 43.0 Å². The summed E-state index contributed by atoms with van der Waals surface area (Å²) in [4.78, 5) is 0. The minimum absolute atomic E-state index is 0.342. The third-order valence-electron chi connectivity index (χ3n) is 5.46. The molecule has 1 aliphatic carbocycles. The molecule has 0 spiro atoms. The highest BCUT2D eigenvalue weighted by atomic mass is 35.5. The van der Waals surface area contributed by atoms with E-state index in [9.17, 15) is 0 Å². The van der Waals surface area contributed by atoms with Crippen molar-refractivity contribution in [2.24, 2.45) is 0 Å². The summed E-state index contributed by atoms with van der Waals surface area (Å²) in [6.45, 7) is 1.99. The van der Waals surface area contributed by atoms with E-state index in [2.05, 4.69) is 26.9 Å². The number of nitrogens with zero attached hydrogens (tertiary/aromatic N) is 4. The summed E-state index contributed by atoms with van der Waals surface area (Å²) in [5, 5.41) is 17.2. The molecular formula is C21H24ClN5O. The molecule has 2 aromatic carbocycles. The number of halogens is 1. The van der Waals surface area contributed by atoms with Crippen LogP contribution in [0.4, 0.5) is 5.69 Å². The van der Waals surface area contributed by atoms with Gasteiger partial charge in [-0.25, -0.2) is 0 Å². The molecule has 1 aliphatic rings. The highest BCUT2D eigenvalue weighted by molar-refractivity contribution is 6.31. The average molecular weight is 398 g/mol. The Morgan fingerprint density at radius 2 is 1.93 bits per heavy atom. The van der Waals surface area contributed by atoms with Gasteiger partial charge in [0.25, 0.3) is 0 Å². The molecule has 1 fully saturated rings. The minimum Gasteiger partial charge on any atom is -0.497 e. The van der Waals surface area contributed by atoms with Crippen molar-refractivity contribution < 1.29 is 4.74 Å². The molecule has 6 nitrogen and oxygen atoms in total. The van der Waals surface area contributed by atoms with Gasteiger partial charge in [-0.15, -0.1) is 5.10 Å². The first kappa shape index (κ1) is 18.7. The fourth-order valence-electron chi connectivity index (χ4n) is 3.91. The van der Waals surface area contributed by atoms with Crippen LogP contribution in [0.15, 0.2) is 42.5 Å². The molecule has 0 atom stereocenters. The predicted octanol–water partition coefficient (Wildman–Crippen LogP) is 4.90. The summed E-state index contributed by atoms with van der Waals surface area (Å²) in [7, 11) is 1.68. The maximum absolute atomic E-state index is 6.36. The number of aromatic nitrogens is 4. The van der Waals surface area contributed by atoms with Crippen LogP contribution in [0.1, 0.15) is 43.5 Å². The van der Waals surface area contributed by atoms with Crippen LogP contribution in [0.3, 0.4) is 0 Å². The smallest absolute Gasteiger partial charge is 0.181 e. The number of hydrogen-bond donors (Lipinski definition) is 1. The lowest BCUT2D eigenvalue weighted by molar-refractivity contribution is 0.309. The van der Waals surface area contributed by atoms with E-state index in [-0.39, 0.29) is 5.54 Å². The van der Waals surface area contributed by atoms with Gasteiger partial charge in [-0.05, 0) is 60.0 Å². The van der Waals surface area contributed by atoms with E-state index in [4.69, 9.17) is 16.3 Å². The van der Waals surface area contributed by atoms with Crippen molar-refractivity contribution in [2.75, 3.05) is 12.4 Å². The number of tetrazole rings is 1. The first-order valence-electron chi connectivity index (χ1n) is 9.59. The molecule has 0 unspecified atom stereocenters. The number of benzene rings is 2. The molecule has 0 radical (unpaired) electrons. The van der Waals surface area contributed by atoms with Crippen molar-refractivity contribution >= 4 is 17.3 Å². The molecule has 0 aliphatic heterocycles. The highest BCUT2D eigenvalue weighted by Crippen LogP contribution is 2.40. The third kappa shape index (κ3) is 3.56. The van der Waals surface area contributed by atoms with Crippen LogP contribution in [-0.2, 0) is 5.54 Å². The largest absolute Gasteiger partial charge is 0.497 e. The minimum atomic E-state index is -0.342. The van der Waals surface area contributed by atoms with Crippen molar-refractivity contribution in [3.05, 3.63) is 58.9 Å². The van der Waals surface area contributed by atoms with E-state index in [0.29, 0.717) is 5.02 Å². The van der Waals surface area contributed by atoms with Gasteiger partial charge < -0.3 is 10.1 Å². The molecule has 3 aromatic rings. The Balaban J connectivity index is 1.76. The first-order chi connectivity index (χ1) is 13.6. The number of aryl methyl sites for hydroxylation is 1. The predicted molar refractivity (Wildman–Crippen MR) is 110 cm³/mol. The zero-order valence-electron chi connectivity index (χ0n) is 16.2. The Hall–Kier alpha value is -2.60. The summed E-state index contributed by atoms with van der Waals surface area (Å²) in [5.41, 5.74) is 2.55. The number of nitrogens with one attached hydrogen (secondary N) is 1. The topological polar surface area (TPSA) is 64.9 Å². The number of methoxy groups -OCH3 is 1. The summed E-state index contributed by atoms with van der Waals surface area (Å²) in [6, 6.07) is 13.9. The van der Waals surface area contributed by atoms with Crippen molar-refractivity contribution in [3.8, 4) is 11.4 Å². The van der Waals surface area contributed by atoms with Gasteiger partial charge in [0.05, 0.1) is 18.3 Å². The Bertz CT molecular complexity index is 965. The first-order valence-corrected chi connectivity index (χ1v) is 9.97. The Morgan fingerprint density at radius 3 is 2.68 bits per heavy atom. The van der Waals surface area contributed by atoms with E-state index in [1.165, 1.54) is 6.42 Å². The molecule has 0 bridgehead atoms. The standard InChI is InChI=1S/C21H24ClN5O/c1-15-9-10-17(14-19(15)22)27-20(24-25-26-27)21(11-4-3-5-12-21)23-16-7-6-8-18(13-16)28-2/h6-10,13-14,23H,3-5,11-12H2,1-2H3. The maximum atomic E-state index is 6.36. The molecule has 1 saturated carbocycles. The van der Waals surface area contributed by atoms with Crippen molar-refractivity contribution in [3.63, 3.8) is 0 Å². The quantitative estimate of drug-likeness (QED) is 0.663. The number of rotatable bonds is 5. The van der Waals surface area contributed by atoms with Crippen LogP contribution in [0.5, 0.6) is 5.75 Å². The fourth-order valence-corrected chi connectivity index (χ4v) is 4.08. The molecule has 1 aromatic heterocycles. The normalized spacial score (nSPS) is 16.0. The number of hydrogen-bond acceptors (Lipinski definition) is 5. The van der Waals surface area contributed by atoms with E-state index in [1.54, 1.807) is 7.11 Å². The SMILES string of the molecule is COc1cccc(NC2(c3nnnn3-c3ccc(C)c(Cl)c3)CCCCC2)c1. The van der Waals surface area contributed by atoms with Gasteiger partial charge in [0, 0.05) is 16.8 Å². The lowest BCUT2D eigenvalue weighted by Crippen LogP contribution is -2.40. The Morgan fingerprint density at radius 1 is 1.11 bits per heavy atom. The molecule has 146 valence electrons. The molecule has 0 amide bonds. The molecule has 1 heterocycles. The highest BCUT2D eigenvalue weighted by Gasteiger charge is 2.39. The average Bonchev–Trinajstić information content (AvgIpc) is 3.21. The summed E-state index contributed by atoms with van der Waals surface area (Å²) in [6.07, 6.45) is 5.39. The maximum Gasteiger partial charge on any atom is 0.181 e. The molecule has 0 saturated heterocycles. The summed E-state index contributed by atoms with van der Waals surface area (Å²) >= 11 is 6.36. The zero-order chi connectivity index (χ0) is 19.6. The van der Waals surface area contributed by atoms with Crippen molar-refractivity contribution in [1.29, 1.82) is 0 Å². The monoisotopic (exact) mass is 397 g/mol. The van der Waals surface area contributed by atoms with Crippen LogP contribution in [-0.4, -0.2) is 27.3 Å². The van der Waals surface area contributed by atoms with Gasteiger partial charge in [0.1, 0.15) is 5.75 Å². The second-order valence-corrected chi connectivity index (χ2v) is 7.75. The number of anilines is 1. The summed E-state index contributed by atoms with van der Waals surface area (Å²) in [5.74, 6) is 1.64. The molecule has 28 heavy (non-hydrogen) atoms. The van der Waals surface area contributed by atoms with E-state index < -0.39 is 0 Å². The van der Waals surface area contributed by atoms with E-state index >= 15 is 0 Å². The van der Waals surface area contributed by atoms with Crippen LogP contribution in [0.25, 0.3) is 5.69 Å². The second-order valence-electron chi connectivity index (χ2n) is 7.35. The van der Waals surface area contributed by atoms with E-state index in [0.717, 1.165) is 54.2 Å². The molecular weight excluding hydrogens is 374 g/mol. The van der Waals surface area contributed by atoms with Gasteiger partial charge in [-0.3, -0.25) is 0 Å².